The lowest BCUT2D eigenvalue weighted by Crippen LogP contribution is -2.56. The molecule has 6 unspecified atom stereocenters. The number of rotatable bonds is 5. The molecule has 1 spiro atoms. The van der Waals surface area contributed by atoms with Crippen molar-refractivity contribution >= 4 is 15.9 Å². The maximum absolute atomic E-state index is 12.7. The summed E-state index contributed by atoms with van der Waals surface area (Å²) in [7, 11) is -1.41. The number of nitrogens with zero attached hydrogens (tertiary/aromatic N) is 1. The summed E-state index contributed by atoms with van der Waals surface area (Å²) in [5.41, 5.74) is 0.609. The first-order valence-electron chi connectivity index (χ1n) is 10.7. The van der Waals surface area contributed by atoms with Gasteiger partial charge in [0.15, 0.2) is 9.84 Å². The van der Waals surface area contributed by atoms with Gasteiger partial charge >= 0.3 is 6.09 Å². The Bertz CT molecular complexity index is 803. The van der Waals surface area contributed by atoms with Crippen LogP contribution in [0.2, 0.25) is 0 Å². The third kappa shape index (κ3) is 4.13. The predicted octanol–water partition coefficient (Wildman–Crippen LogP) is 1.93. The van der Waals surface area contributed by atoms with E-state index in [1.54, 1.807) is 7.11 Å². The normalized spacial score (nSPS) is 41.9. The van der Waals surface area contributed by atoms with Crippen LogP contribution in [0, 0.1) is 5.92 Å². The third-order valence-electron chi connectivity index (χ3n) is 7.09. The molecule has 3 aliphatic heterocycles. The fraction of sp³-hybridized carbons (Fsp3) is 0.857. The SMILES string of the molecule is COC1C(OC(=O)N2CCS(=O)(=O)CC2)CCC2(CO2)C1C1(C)OC1CC=C(C)C. The maximum atomic E-state index is 12.7. The molecule has 170 valence electrons. The topological polar surface area (TPSA) is 98.0 Å². The molecule has 1 amide bonds. The van der Waals surface area contributed by atoms with Gasteiger partial charge in [-0.1, -0.05) is 11.6 Å². The van der Waals surface area contributed by atoms with Crippen LogP contribution in [-0.4, -0.2) is 87.2 Å². The van der Waals surface area contributed by atoms with Crippen molar-refractivity contribution in [3.05, 3.63) is 11.6 Å². The Morgan fingerprint density at radius 3 is 2.50 bits per heavy atom. The molecule has 4 aliphatic rings. The molecule has 4 rings (SSSR count). The second-order valence-electron chi connectivity index (χ2n) is 9.44. The Morgan fingerprint density at radius 1 is 1.27 bits per heavy atom. The first-order valence-corrected chi connectivity index (χ1v) is 12.6. The fourth-order valence-corrected chi connectivity index (χ4v) is 6.37. The van der Waals surface area contributed by atoms with Crippen molar-refractivity contribution in [1.29, 1.82) is 0 Å². The minimum Gasteiger partial charge on any atom is -0.443 e. The molecule has 3 saturated heterocycles. The van der Waals surface area contributed by atoms with Gasteiger partial charge in [0.1, 0.15) is 23.4 Å². The number of amides is 1. The molecule has 0 aromatic rings. The molecule has 3 heterocycles. The highest BCUT2D eigenvalue weighted by Gasteiger charge is 2.72. The zero-order valence-electron chi connectivity index (χ0n) is 18.3. The summed E-state index contributed by atoms with van der Waals surface area (Å²) in [6.45, 7) is 7.28. The first-order chi connectivity index (χ1) is 14.1. The average Bonchev–Trinajstić information content (AvgIpc) is 3.59. The molecule has 1 aliphatic carbocycles. The number of methoxy groups -OCH3 is 1. The van der Waals surface area contributed by atoms with Gasteiger partial charge in [-0.25, -0.2) is 13.2 Å². The summed E-state index contributed by atoms with van der Waals surface area (Å²) in [4.78, 5) is 14.2. The third-order valence-corrected chi connectivity index (χ3v) is 8.70. The quantitative estimate of drug-likeness (QED) is 0.473. The highest BCUT2D eigenvalue weighted by atomic mass is 32.2. The average molecular weight is 444 g/mol. The van der Waals surface area contributed by atoms with Crippen LogP contribution in [0.1, 0.15) is 40.0 Å². The number of hydrogen-bond acceptors (Lipinski definition) is 7. The number of sulfone groups is 1. The summed E-state index contributed by atoms with van der Waals surface area (Å²) in [6, 6.07) is 0. The summed E-state index contributed by atoms with van der Waals surface area (Å²) < 4.78 is 47.1. The molecule has 0 bridgehead atoms. The second-order valence-corrected chi connectivity index (χ2v) is 11.7. The van der Waals surface area contributed by atoms with Crippen molar-refractivity contribution < 1.29 is 32.2 Å². The molecule has 0 radical (unpaired) electrons. The van der Waals surface area contributed by atoms with E-state index >= 15 is 0 Å². The first kappa shape index (κ1) is 22.0. The highest BCUT2D eigenvalue weighted by Crippen LogP contribution is 2.59. The van der Waals surface area contributed by atoms with Crippen LogP contribution in [0.4, 0.5) is 4.79 Å². The molecule has 9 heteroatoms. The van der Waals surface area contributed by atoms with Crippen molar-refractivity contribution in [1.82, 2.24) is 4.90 Å². The lowest BCUT2D eigenvalue weighted by molar-refractivity contribution is -0.121. The van der Waals surface area contributed by atoms with Gasteiger partial charge in [-0.15, -0.1) is 0 Å². The largest absolute Gasteiger partial charge is 0.443 e. The van der Waals surface area contributed by atoms with Gasteiger partial charge in [0, 0.05) is 20.2 Å². The fourth-order valence-electron chi connectivity index (χ4n) is 5.17. The monoisotopic (exact) mass is 443 g/mol. The van der Waals surface area contributed by atoms with Crippen molar-refractivity contribution in [2.75, 3.05) is 38.3 Å². The summed E-state index contributed by atoms with van der Waals surface area (Å²) in [5.74, 6) is -0.0606. The van der Waals surface area contributed by atoms with E-state index in [1.165, 1.54) is 10.5 Å². The van der Waals surface area contributed by atoms with Gasteiger partial charge in [0.2, 0.25) is 0 Å². The number of carbonyl (C=O) groups is 1. The molecular weight excluding hydrogens is 410 g/mol. The van der Waals surface area contributed by atoms with E-state index in [4.69, 9.17) is 18.9 Å². The van der Waals surface area contributed by atoms with E-state index in [0.29, 0.717) is 13.0 Å². The minimum atomic E-state index is -3.05. The second kappa shape index (κ2) is 7.76. The van der Waals surface area contributed by atoms with Gasteiger partial charge in [-0.05, 0) is 40.0 Å². The van der Waals surface area contributed by atoms with E-state index in [9.17, 15) is 13.2 Å². The molecule has 1 saturated carbocycles. The summed E-state index contributed by atoms with van der Waals surface area (Å²) in [5, 5.41) is 0. The zero-order chi connectivity index (χ0) is 21.7. The van der Waals surface area contributed by atoms with E-state index in [0.717, 1.165) is 12.8 Å². The predicted molar refractivity (Wildman–Crippen MR) is 110 cm³/mol. The van der Waals surface area contributed by atoms with E-state index in [1.807, 2.05) is 0 Å². The van der Waals surface area contributed by atoms with Gasteiger partial charge in [-0.3, -0.25) is 0 Å². The molecule has 30 heavy (non-hydrogen) atoms. The van der Waals surface area contributed by atoms with Gasteiger partial charge < -0.3 is 23.8 Å². The number of allylic oxidation sites excluding steroid dienone is 1. The highest BCUT2D eigenvalue weighted by molar-refractivity contribution is 7.91. The number of carbonyl (C=O) groups excluding carboxylic acids is 1. The van der Waals surface area contributed by atoms with Gasteiger partial charge in [0.25, 0.3) is 0 Å². The lowest BCUT2D eigenvalue weighted by Gasteiger charge is -2.43. The van der Waals surface area contributed by atoms with Crippen LogP contribution < -0.4 is 0 Å². The number of epoxide rings is 2. The van der Waals surface area contributed by atoms with Crippen molar-refractivity contribution in [2.45, 2.75) is 69.5 Å². The Kier molecular flexibility index (Phi) is 5.70. The Balaban J connectivity index is 1.46. The van der Waals surface area contributed by atoms with Crippen molar-refractivity contribution in [2.24, 2.45) is 5.92 Å². The number of ether oxygens (including phenoxy) is 4. The standard InChI is InChI=1S/C21H33NO7S/c1-14(2)5-6-16-20(3,29-16)18-17(26-4)15(7-8-21(18)13-27-21)28-19(23)22-9-11-30(24,25)12-10-22/h5,15-18H,6-13H2,1-4H3. The van der Waals surface area contributed by atoms with Crippen LogP contribution in [0.3, 0.4) is 0 Å². The minimum absolute atomic E-state index is 0.0159. The Morgan fingerprint density at radius 2 is 1.93 bits per heavy atom. The molecule has 0 N–H and O–H groups in total. The van der Waals surface area contributed by atoms with Gasteiger partial charge in [0.05, 0.1) is 30.1 Å². The smallest absolute Gasteiger partial charge is 0.410 e. The van der Waals surface area contributed by atoms with Crippen LogP contribution in [0.25, 0.3) is 0 Å². The molecular formula is C21H33NO7S. The maximum Gasteiger partial charge on any atom is 0.410 e. The zero-order valence-corrected chi connectivity index (χ0v) is 19.1. The van der Waals surface area contributed by atoms with Crippen LogP contribution >= 0.6 is 0 Å². The molecule has 6 atom stereocenters. The molecule has 0 aromatic carbocycles. The van der Waals surface area contributed by atoms with Crippen LogP contribution in [0.15, 0.2) is 11.6 Å². The Hall–Kier alpha value is -1.16. The molecule has 8 nitrogen and oxygen atoms in total. The summed E-state index contributed by atoms with van der Waals surface area (Å²) >= 11 is 0. The number of hydrogen-bond donors (Lipinski definition) is 0. The molecule has 0 aromatic heterocycles. The summed E-state index contributed by atoms with van der Waals surface area (Å²) in [6.07, 6.45) is 3.35. The Labute approximate surface area is 178 Å². The van der Waals surface area contributed by atoms with Gasteiger partial charge in [-0.2, -0.15) is 0 Å². The lowest BCUT2D eigenvalue weighted by atomic mass is 9.68. The molecule has 4 fully saturated rings. The van der Waals surface area contributed by atoms with Crippen LogP contribution in [0.5, 0.6) is 0 Å². The van der Waals surface area contributed by atoms with Crippen molar-refractivity contribution in [3.63, 3.8) is 0 Å². The van der Waals surface area contributed by atoms with E-state index < -0.39 is 22.0 Å². The van der Waals surface area contributed by atoms with Crippen molar-refractivity contribution in [3.8, 4) is 0 Å². The van der Waals surface area contributed by atoms with Crippen LogP contribution in [-0.2, 0) is 28.8 Å². The van der Waals surface area contributed by atoms with E-state index in [-0.39, 0.29) is 53.9 Å². The van der Waals surface area contributed by atoms with E-state index in [2.05, 4.69) is 26.8 Å².